The van der Waals surface area contributed by atoms with Gasteiger partial charge in [-0.2, -0.15) is 13.2 Å². The minimum absolute atomic E-state index is 0.0342. The number of likely N-dealkylation sites (tertiary alicyclic amines) is 1. The minimum atomic E-state index is -4.69. The van der Waals surface area contributed by atoms with Gasteiger partial charge in [-0.3, -0.25) is 0 Å². The molecule has 6 nitrogen and oxygen atoms in total. The molecule has 3 atom stereocenters. The number of nitrogens with one attached hydrogen (secondary N) is 2. The van der Waals surface area contributed by atoms with E-state index in [1.54, 1.807) is 42.5 Å². The molecule has 1 aliphatic carbocycles. The number of nitrogens with zero attached hydrogens (tertiary/aromatic N) is 1. The monoisotopic (exact) mass is 531 g/mol. The van der Waals surface area contributed by atoms with Crippen LogP contribution in [0, 0.1) is 11.2 Å². The average Bonchev–Trinajstić information content (AvgIpc) is 3.55. The highest BCUT2D eigenvalue weighted by atomic mass is 32.2. The van der Waals surface area contributed by atoms with Crippen LogP contribution in [0.4, 0.5) is 26.7 Å². The molecule has 2 amide bonds. The Kier molecular flexibility index (Phi) is 7.04. The fraction of sp³-hybridized carbons (Fsp3) is 0.458. The van der Waals surface area contributed by atoms with Crippen molar-refractivity contribution in [2.75, 3.05) is 12.6 Å². The van der Waals surface area contributed by atoms with Crippen LogP contribution in [0.3, 0.4) is 0 Å². The summed E-state index contributed by atoms with van der Waals surface area (Å²) in [7, 11) is -4.36. The number of rotatable bonds is 7. The Morgan fingerprint density at radius 1 is 1.14 bits per heavy atom. The molecule has 1 saturated heterocycles. The SMILES string of the molecule is CC(NC(=O)N1CC2(CC2)[C@H](NS(=O)(=O)CF)[C@@H]1Cc1cccc(-c2ccccc2)c1F)C(F)(F)F. The lowest BCUT2D eigenvalue weighted by atomic mass is 9.91. The molecule has 1 heterocycles. The quantitative estimate of drug-likeness (QED) is 0.521. The van der Waals surface area contributed by atoms with Crippen LogP contribution >= 0.6 is 0 Å². The lowest BCUT2D eigenvalue weighted by molar-refractivity contribution is -0.149. The van der Waals surface area contributed by atoms with Gasteiger partial charge < -0.3 is 10.2 Å². The van der Waals surface area contributed by atoms with Crippen molar-refractivity contribution in [1.82, 2.24) is 14.9 Å². The molecule has 1 unspecified atom stereocenters. The summed E-state index contributed by atoms with van der Waals surface area (Å²) in [5.41, 5.74) is 0.296. The van der Waals surface area contributed by atoms with Crippen molar-refractivity contribution in [2.24, 2.45) is 5.41 Å². The van der Waals surface area contributed by atoms with Crippen LogP contribution < -0.4 is 10.0 Å². The second-order valence-electron chi connectivity index (χ2n) is 9.44. The minimum Gasteiger partial charge on any atom is -0.326 e. The van der Waals surface area contributed by atoms with Crippen LogP contribution in [-0.2, 0) is 16.4 Å². The van der Waals surface area contributed by atoms with Crippen molar-refractivity contribution in [3.05, 3.63) is 59.9 Å². The molecule has 2 aliphatic rings. The first-order chi connectivity index (χ1) is 16.9. The molecule has 2 aromatic rings. The second kappa shape index (κ2) is 9.62. The number of urea groups is 1. The van der Waals surface area contributed by atoms with Gasteiger partial charge in [0, 0.05) is 23.6 Å². The van der Waals surface area contributed by atoms with Crippen LogP contribution in [-0.4, -0.2) is 56.2 Å². The Bertz CT molecular complexity index is 1220. The number of carbonyl (C=O) groups is 1. The van der Waals surface area contributed by atoms with Gasteiger partial charge in [0.15, 0.2) is 0 Å². The van der Waals surface area contributed by atoms with Gasteiger partial charge in [-0.15, -0.1) is 0 Å². The second-order valence-corrected chi connectivity index (χ2v) is 11.1. The smallest absolute Gasteiger partial charge is 0.326 e. The number of hydrogen-bond acceptors (Lipinski definition) is 3. The molecule has 4 rings (SSSR count). The Labute approximate surface area is 205 Å². The van der Waals surface area contributed by atoms with Crippen molar-refractivity contribution < 1.29 is 35.2 Å². The first kappa shape index (κ1) is 26.3. The molecule has 196 valence electrons. The number of carbonyl (C=O) groups excluding carboxylic acids is 1. The lowest BCUT2D eigenvalue weighted by Crippen LogP contribution is -2.54. The summed E-state index contributed by atoms with van der Waals surface area (Å²) < 4.78 is 94.6. The van der Waals surface area contributed by atoms with Crippen molar-refractivity contribution in [3.63, 3.8) is 0 Å². The van der Waals surface area contributed by atoms with E-state index in [0.29, 0.717) is 18.4 Å². The number of benzene rings is 2. The van der Waals surface area contributed by atoms with Gasteiger partial charge in [-0.05, 0) is 37.3 Å². The van der Waals surface area contributed by atoms with Crippen LogP contribution in [0.2, 0.25) is 0 Å². The van der Waals surface area contributed by atoms with Gasteiger partial charge in [0.25, 0.3) is 0 Å². The summed E-state index contributed by atoms with van der Waals surface area (Å²) in [6.45, 7) is 0.760. The Morgan fingerprint density at radius 3 is 2.39 bits per heavy atom. The van der Waals surface area contributed by atoms with Gasteiger partial charge in [0.1, 0.15) is 11.9 Å². The highest BCUT2D eigenvalue weighted by Crippen LogP contribution is 2.55. The summed E-state index contributed by atoms with van der Waals surface area (Å²) in [6, 6.07) is 6.45. The zero-order valence-electron chi connectivity index (χ0n) is 19.4. The average molecular weight is 532 g/mol. The van der Waals surface area contributed by atoms with E-state index in [2.05, 4.69) is 4.72 Å². The normalized spacial score (nSPS) is 22.0. The summed E-state index contributed by atoms with van der Waals surface area (Å²) in [6.07, 6.45) is -3.88. The predicted molar refractivity (Wildman–Crippen MR) is 124 cm³/mol. The molecular formula is C24H26F5N3O3S. The van der Waals surface area contributed by atoms with Gasteiger partial charge in [0.05, 0.1) is 6.04 Å². The van der Waals surface area contributed by atoms with Gasteiger partial charge in [-0.25, -0.2) is 26.7 Å². The van der Waals surface area contributed by atoms with Crippen molar-refractivity contribution in [2.45, 2.75) is 50.5 Å². The van der Waals surface area contributed by atoms with E-state index in [1.165, 1.54) is 6.07 Å². The van der Waals surface area contributed by atoms with E-state index >= 15 is 4.39 Å². The summed E-state index contributed by atoms with van der Waals surface area (Å²) >= 11 is 0. The van der Waals surface area contributed by atoms with Crippen molar-refractivity contribution in [1.29, 1.82) is 0 Å². The molecular weight excluding hydrogens is 505 g/mol. The van der Waals surface area contributed by atoms with Gasteiger partial charge in [0.2, 0.25) is 16.0 Å². The zero-order chi connectivity index (χ0) is 26.3. The molecule has 12 heteroatoms. The van der Waals surface area contributed by atoms with E-state index in [0.717, 1.165) is 11.8 Å². The van der Waals surface area contributed by atoms with Crippen molar-refractivity contribution in [3.8, 4) is 11.1 Å². The number of halogens is 5. The molecule has 1 spiro atoms. The number of alkyl halides is 4. The standard InChI is InChI=1S/C24H26F5N3O3S/c1-15(24(27,28)29)30-22(33)32-13-23(10-11-23)21(31-36(34,35)14-25)19(32)12-17-8-5-9-18(20(17)26)16-6-3-2-4-7-16/h2-9,15,19,21,31H,10-14H2,1H3,(H,30,33)/t15?,19-,21+/m0/s1. The lowest BCUT2D eigenvalue weighted by Gasteiger charge is -2.30. The van der Waals surface area contributed by atoms with Gasteiger partial charge >= 0.3 is 12.2 Å². The number of sulfonamides is 1. The maximum absolute atomic E-state index is 15.6. The summed E-state index contributed by atoms with van der Waals surface area (Å²) in [5, 5.41) is 1.91. The van der Waals surface area contributed by atoms with E-state index in [9.17, 15) is 30.8 Å². The van der Waals surface area contributed by atoms with E-state index in [1.807, 2.05) is 5.32 Å². The fourth-order valence-corrected chi connectivity index (χ4v) is 5.66. The first-order valence-electron chi connectivity index (χ1n) is 11.4. The van der Waals surface area contributed by atoms with Gasteiger partial charge in [-0.1, -0.05) is 48.5 Å². The molecule has 1 saturated carbocycles. The first-order valence-corrected chi connectivity index (χ1v) is 13.0. The Hall–Kier alpha value is -2.73. The highest BCUT2D eigenvalue weighted by molar-refractivity contribution is 7.89. The highest BCUT2D eigenvalue weighted by Gasteiger charge is 2.61. The molecule has 2 aromatic carbocycles. The zero-order valence-corrected chi connectivity index (χ0v) is 20.2. The van der Waals surface area contributed by atoms with Crippen LogP contribution in [0.25, 0.3) is 11.1 Å². The summed E-state index contributed by atoms with van der Waals surface area (Å²) in [4.78, 5) is 14.1. The predicted octanol–water partition coefficient (Wildman–Crippen LogP) is 4.38. The third-order valence-electron chi connectivity index (χ3n) is 6.96. The molecule has 2 N–H and O–H groups in total. The summed E-state index contributed by atoms with van der Waals surface area (Å²) in [5.74, 6) is -0.587. The maximum atomic E-state index is 15.6. The maximum Gasteiger partial charge on any atom is 0.408 e. The third-order valence-corrected chi connectivity index (χ3v) is 7.86. The molecule has 36 heavy (non-hydrogen) atoms. The molecule has 0 bridgehead atoms. The van der Waals surface area contributed by atoms with E-state index in [4.69, 9.17) is 0 Å². The largest absolute Gasteiger partial charge is 0.408 e. The molecule has 2 fully saturated rings. The molecule has 0 radical (unpaired) electrons. The van der Waals surface area contributed by atoms with Crippen molar-refractivity contribution >= 4 is 16.1 Å². The number of amides is 2. The Balaban J connectivity index is 1.70. The third kappa shape index (κ3) is 5.34. The van der Waals surface area contributed by atoms with Crippen LogP contribution in [0.1, 0.15) is 25.3 Å². The van der Waals surface area contributed by atoms with Crippen LogP contribution in [0.15, 0.2) is 48.5 Å². The number of hydrogen-bond donors (Lipinski definition) is 2. The molecule has 0 aromatic heterocycles. The molecule has 1 aliphatic heterocycles. The topological polar surface area (TPSA) is 78.5 Å². The van der Waals surface area contributed by atoms with Crippen LogP contribution in [0.5, 0.6) is 0 Å². The van der Waals surface area contributed by atoms with E-state index < -0.39 is 57.6 Å². The Morgan fingerprint density at radius 2 is 1.81 bits per heavy atom. The fourth-order valence-electron chi connectivity index (χ4n) is 4.80. The van der Waals surface area contributed by atoms with E-state index in [-0.39, 0.29) is 24.1 Å².